The summed E-state index contributed by atoms with van der Waals surface area (Å²) >= 11 is 0. The molecular weight excluding hydrogens is 350 g/mol. The lowest BCUT2D eigenvalue weighted by molar-refractivity contribution is -0.115. The number of sulfone groups is 1. The summed E-state index contributed by atoms with van der Waals surface area (Å²) in [5.41, 5.74) is 3.39. The van der Waals surface area contributed by atoms with Crippen LogP contribution in [0.4, 0.5) is 5.82 Å². The normalized spacial score (nSPS) is 16.7. The molecule has 3 rings (SSSR count). The number of nitrogens with one attached hydrogen (secondary N) is 1. The SMILES string of the molecule is C=CS(=O)(=O)CCC(=O)Nc1c(C)cnn1C1CCCc2ccccc21. The number of amides is 1. The van der Waals surface area contributed by atoms with E-state index in [1.54, 1.807) is 6.20 Å². The maximum Gasteiger partial charge on any atom is 0.226 e. The first-order chi connectivity index (χ1) is 12.4. The first-order valence-corrected chi connectivity index (χ1v) is 10.4. The molecule has 1 aliphatic carbocycles. The van der Waals surface area contributed by atoms with Crippen LogP contribution in [0.3, 0.4) is 0 Å². The van der Waals surface area contributed by atoms with Crippen LogP contribution >= 0.6 is 0 Å². The van der Waals surface area contributed by atoms with Crippen LogP contribution in [0.5, 0.6) is 0 Å². The first kappa shape index (κ1) is 18.4. The van der Waals surface area contributed by atoms with Crippen LogP contribution < -0.4 is 5.32 Å². The van der Waals surface area contributed by atoms with Crippen molar-refractivity contribution in [3.8, 4) is 0 Å². The van der Waals surface area contributed by atoms with Crippen LogP contribution in [-0.2, 0) is 21.1 Å². The number of hydrogen-bond acceptors (Lipinski definition) is 4. The Morgan fingerprint density at radius 2 is 2.19 bits per heavy atom. The molecule has 1 heterocycles. The molecule has 7 heteroatoms. The highest BCUT2D eigenvalue weighted by atomic mass is 32.2. The largest absolute Gasteiger partial charge is 0.311 e. The summed E-state index contributed by atoms with van der Waals surface area (Å²) < 4.78 is 24.9. The number of anilines is 1. The van der Waals surface area contributed by atoms with Crippen LogP contribution in [0.15, 0.2) is 42.4 Å². The van der Waals surface area contributed by atoms with Gasteiger partial charge in [-0.2, -0.15) is 5.10 Å². The summed E-state index contributed by atoms with van der Waals surface area (Å²) in [6, 6.07) is 8.37. The molecule has 0 radical (unpaired) electrons. The molecule has 1 amide bonds. The zero-order valence-electron chi connectivity index (χ0n) is 14.8. The van der Waals surface area contributed by atoms with Gasteiger partial charge in [0.2, 0.25) is 5.91 Å². The second kappa shape index (κ2) is 7.45. The predicted molar refractivity (Wildman–Crippen MR) is 102 cm³/mol. The summed E-state index contributed by atoms with van der Waals surface area (Å²) in [6.45, 7) is 5.15. The molecule has 1 aliphatic rings. The summed E-state index contributed by atoms with van der Waals surface area (Å²) in [4.78, 5) is 12.3. The minimum Gasteiger partial charge on any atom is -0.311 e. The van der Waals surface area contributed by atoms with Crippen molar-refractivity contribution in [3.63, 3.8) is 0 Å². The molecule has 1 unspecified atom stereocenters. The fourth-order valence-corrected chi connectivity index (χ4v) is 3.97. The van der Waals surface area contributed by atoms with E-state index in [0.717, 1.165) is 30.2 Å². The Kier molecular flexibility index (Phi) is 5.27. The van der Waals surface area contributed by atoms with E-state index in [9.17, 15) is 13.2 Å². The van der Waals surface area contributed by atoms with Crippen molar-refractivity contribution in [2.75, 3.05) is 11.1 Å². The van der Waals surface area contributed by atoms with Gasteiger partial charge in [-0.15, -0.1) is 0 Å². The fourth-order valence-electron chi connectivity index (χ4n) is 3.34. The van der Waals surface area contributed by atoms with Crippen molar-refractivity contribution in [2.24, 2.45) is 0 Å². The molecule has 138 valence electrons. The topological polar surface area (TPSA) is 81.1 Å². The molecule has 0 saturated carbocycles. The van der Waals surface area contributed by atoms with E-state index >= 15 is 0 Å². The Morgan fingerprint density at radius 3 is 2.96 bits per heavy atom. The number of hydrogen-bond donors (Lipinski definition) is 1. The Morgan fingerprint density at radius 1 is 1.42 bits per heavy atom. The number of carbonyl (C=O) groups excluding carboxylic acids is 1. The fraction of sp³-hybridized carbons (Fsp3) is 0.368. The van der Waals surface area contributed by atoms with Crippen LogP contribution in [0.25, 0.3) is 0 Å². The zero-order valence-corrected chi connectivity index (χ0v) is 15.6. The number of benzene rings is 1. The predicted octanol–water partition coefficient (Wildman–Crippen LogP) is 3.00. The number of nitrogens with zero attached hydrogens (tertiary/aromatic N) is 2. The highest BCUT2D eigenvalue weighted by Gasteiger charge is 2.25. The third-order valence-electron chi connectivity index (χ3n) is 4.74. The summed E-state index contributed by atoms with van der Waals surface area (Å²) in [5, 5.41) is 8.21. The molecule has 6 nitrogen and oxygen atoms in total. The molecule has 0 aliphatic heterocycles. The van der Waals surface area contributed by atoms with E-state index in [4.69, 9.17) is 0 Å². The van der Waals surface area contributed by atoms with E-state index < -0.39 is 9.84 Å². The van der Waals surface area contributed by atoms with Gasteiger partial charge in [-0.1, -0.05) is 30.8 Å². The molecule has 1 N–H and O–H groups in total. The molecule has 0 fully saturated rings. The minimum absolute atomic E-state index is 0.0702. The first-order valence-electron chi connectivity index (χ1n) is 8.68. The summed E-state index contributed by atoms with van der Waals surface area (Å²) in [6.07, 6.45) is 4.68. The van der Waals surface area contributed by atoms with Gasteiger partial charge < -0.3 is 5.32 Å². The second-order valence-electron chi connectivity index (χ2n) is 6.56. The second-order valence-corrected chi connectivity index (χ2v) is 8.63. The molecule has 1 atom stereocenters. The number of fused-ring (bicyclic) bond motifs is 1. The molecule has 26 heavy (non-hydrogen) atoms. The van der Waals surface area contributed by atoms with E-state index in [2.05, 4.69) is 29.1 Å². The van der Waals surface area contributed by atoms with Gasteiger partial charge >= 0.3 is 0 Å². The lowest BCUT2D eigenvalue weighted by atomic mass is 9.88. The average Bonchev–Trinajstić information content (AvgIpc) is 3.00. The highest BCUT2D eigenvalue weighted by molar-refractivity contribution is 7.94. The van der Waals surface area contributed by atoms with Crippen molar-refractivity contribution in [1.82, 2.24) is 9.78 Å². The number of aromatic nitrogens is 2. The lowest BCUT2D eigenvalue weighted by Crippen LogP contribution is -2.23. The Bertz CT molecular complexity index is 931. The third kappa shape index (κ3) is 3.88. The van der Waals surface area contributed by atoms with E-state index in [1.807, 2.05) is 23.7 Å². The van der Waals surface area contributed by atoms with Gasteiger partial charge in [-0.05, 0) is 37.3 Å². The maximum atomic E-state index is 12.3. The third-order valence-corrected chi connectivity index (χ3v) is 6.02. The van der Waals surface area contributed by atoms with Crippen LogP contribution in [0, 0.1) is 6.92 Å². The molecule has 1 aromatic heterocycles. The van der Waals surface area contributed by atoms with E-state index in [0.29, 0.717) is 5.82 Å². The van der Waals surface area contributed by atoms with Gasteiger partial charge in [0, 0.05) is 17.4 Å². The van der Waals surface area contributed by atoms with Gasteiger partial charge in [0.1, 0.15) is 5.82 Å². The van der Waals surface area contributed by atoms with Crippen molar-refractivity contribution >= 4 is 21.6 Å². The minimum atomic E-state index is -3.39. The highest BCUT2D eigenvalue weighted by Crippen LogP contribution is 2.35. The van der Waals surface area contributed by atoms with Crippen molar-refractivity contribution in [1.29, 1.82) is 0 Å². The Labute approximate surface area is 153 Å². The molecule has 1 aromatic carbocycles. The molecule has 0 bridgehead atoms. The number of carbonyl (C=O) groups is 1. The van der Waals surface area contributed by atoms with Crippen LogP contribution in [-0.4, -0.2) is 29.9 Å². The summed E-state index contributed by atoms with van der Waals surface area (Å²) in [7, 11) is -3.39. The molecule has 0 spiro atoms. The van der Waals surface area contributed by atoms with Gasteiger partial charge in [0.15, 0.2) is 9.84 Å². The molecular formula is C19H23N3O3S. The van der Waals surface area contributed by atoms with Gasteiger partial charge in [-0.3, -0.25) is 4.79 Å². The standard InChI is InChI=1S/C19H23N3O3S/c1-3-26(24,25)12-11-18(23)21-19-14(2)13-20-22(19)17-10-6-8-15-7-4-5-9-16(15)17/h3-5,7,9,13,17H,1,6,8,10-12H2,2H3,(H,21,23). The van der Waals surface area contributed by atoms with Gasteiger partial charge in [-0.25, -0.2) is 13.1 Å². The van der Waals surface area contributed by atoms with E-state index in [-0.39, 0.29) is 24.1 Å². The van der Waals surface area contributed by atoms with Crippen molar-refractivity contribution in [3.05, 3.63) is 59.1 Å². The number of rotatable bonds is 6. The molecule has 2 aromatic rings. The van der Waals surface area contributed by atoms with Gasteiger partial charge in [0.25, 0.3) is 0 Å². The Balaban J connectivity index is 1.82. The molecule has 0 saturated heterocycles. The monoisotopic (exact) mass is 373 g/mol. The van der Waals surface area contributed by atoms with Crippen molar-refractivity contribution < 1.29 is 13.2 Å². The quantitative estimate of drug-likeness (QED) is 0.844. The lowest BCUT2D eigenvalue weighted by Gasteiger charge is -2.27. The average molecular weight is 373 g/mol. The van der Waals surface area contributed by atoms with Crippen molar-refractivity contribution in [2.45, 2.75) is 38.6 Å². The van der Waals surface area contributed by atoms with E-state index in [1.165, 1.54) is 11.1 Å². The van der Waals surface area contributed by atoms with Crippen LogP contribution in [0.1, 0.15) is 42.0 Å². The Hall–Kier alpha value is -2.41. The summed E-state index contributed by atoms with van der Waals surface area (Å²) in [5.74, 6) is 0.0407. The van der Waals surface area contributed by atoms with Crippen LogP contribution in [0.2, 0.25) is 0 Å². The van der Waals surface area contributed by atoms with Gasteiger partial charge in [0.05, 0.1) is 18.0 Å². The number of aryl methyl sites for hydroxylation is 2. The maximum absolute atomic E-state index is 12.3. The smallest absolute Gasteiger partial charge is 0.226 e. The zero-order chi connectivity index (χ0) is 18.7.